The van der Waals surface area contributed by atoms with Crippen molar-refractivity contribution < 1.29 is 9.53 Å². The van der Waals surface area contributed by atoms with Crippen LogP contribution in [0.5, 0.6) is 0 Å². The van der Waals surface area contributed by atoms with Gasteiger partial charge in [0.15, 0.2) is 0 Å². The number of carbonyl (C=O) groups is 1. The van der Waals surface area contributed by atoms with Crippen LogP contribution in [0.15, 0.2) is 48.5 Å². The number of carbonyl (C=O) groups excluding carboxylic acids is 1. The van der Waals surface area contributed by atoms with Crippen molar-refractivity contribution in [3.05, 3.63) is 70.8 Å². The average molecular weight is 330 g/mol. The molecule has 2 aromatic carbocycles. The Labute approximate surface area is 139 Å². The summed E-state index contributed by atoms with van der Waals surface area (Å²) in [4.78, 5) is 11.8. The van der Waals surface area contributed by atoms with Gasteiger partial charge in [0.2, 0.25) is 0 Å². The van der Waals surface area contributed by atoms with Gasteiger partial charge in [-0.25, -0.2) is 4.79 Å². The topological polar surface area (TPSA) is 26.3 Å². The zero-order valence-electron chi connectivity index (χ0n) is 12.7. The monoisotopic (exact) mass is 330 g/mol. The Morgan fingerprint density at radius 2 is 1.73 bits per heavy atom. The fourth-order valence-corrected chi connectivity index (χ4v) is 5.92. The summed E-state index contributed by atoms with van der Waals surface area (Å²) in [6.07, 6.45) is 0. The van der Waals surface area contributed by atoms with Gasteiger partial charge in [0, 0.05) is 11.5 Å². The second-order valence-electron chi connectivity index (χ2n) is 5.25. The molecule has 2 aromatic rings. The first kappa shape index (κ1) is 15.5. The number of hydrogen-bond acceptors (Lipinski definition) is 4. The molecule has 0 atom stereocenters. The average Bonchev–Trinajstić information content (AvgIpc) is 3.06. The van der Waals surface area contributed by atoms with E-state index in [1.165, 1.54) is 18.2 Å². The van der Waals surface area contributed by atoms with Crippen molar-refractivity contribution in [2.45, 2.75) is 11.0 Å². The van der Waals surface area contributed by atoms with Gasteiger partial charge >= 0.3 is 5.97 Å². The molecule has 0 saturated carbocycles. The first-order valence-electron chi connectivity index (χ1n) is 7.19. The predicted octanol–water partition coefficient (Wildman–Crippen LogP) is 4.46. The van der Waals surface area contributed by atoms with Gasteiger partial charge in [-0.2, -0.15) is 0 Å². The third-order valence-electron chi connectivity index (χ3n) is 3.79. The number of aryl methyl sites for hydroxylation is 1. The Morgan fingerprint density at radius 3 is 2.36 bits per heavy atom. The SMILES string of the molecule is COC(=O)c1cccc(C2(c3ccc(C)cc3)SCCS2)c1. The van der Waals surface area contributed by atoms with Gasteiger partial charge in [-0.3, -0.25) is 0 Å². The van der Waals surface area contributed by atoms with E-state index in [1.54, 1.807) is 0 Å². The molecule has 0 aromatic heterocycles. The zero-order valence-corrected chi connectivity index (χ0v) is 14.3. The lowest BCUT2D eigenvalue weighted by Crippen LogP contribution is -2.17. The minimum absolute atomic E-state index is 0.127. The number of ether oxygens (including phenoxy) is 1. The summed E-state index contributed by atoms with van der Waals surface area (Å²) >= 11 is 3.88. The Morgan fingerprint density at radius 1 is 1.05 bits per heavy atom. The number of rotatable bonds is 3. The van der Waals surface area contributed by atoms with Crippen LogP contribution < -0.4 is 0 Å². The van der Waals surface area contributed by atoms with E-state index in [0.29, 0.717) is 5.56 Å². The molecule has 0 unspecified atom stereocenters. The molecule has 0 spiro atoms. The summed E-state index contributed by atoms with van der Waals surface area (Å²) in [6, 6.07) is 16.5. The highest BCUT2D eigenvalue weighted by atomic mass is 32.2. The number of benzene rings is 2. The van der Waals surface area contributed by atoms with Crippen LogP contribution in [0, 0.1) is 6.92 Å². The smallest absolute Gasteiger partial charge is 0.337 e. The van der Waals surface area contributed by atoms with Gasteiger partial charge in [0.05, 0.1) is 12.7 Å². The molecule has 22 heavy (non-hydrogen) atoms. The van der Waals surface area contributed by atoms with Gasteiger partial charge in [0.1, 0.15) is 4.08 Å². The highest BCUT2D eigenvalue weighted by Gasteiger charge is 2.39. The highest BCUT2D eigenvalue weighted by molar-refractivity contribution is 8.20. The van der Waals surface area contributed by atoms with Crippen molar-refractivity contribution in [2.24, 2.45) is 0 Å². The van der Waals surface area contributed by atoms with E-state index in [-0.39, 0.29) is 10.0 Å². The molecule has 0 radical (unpaired) electrons. The van der Waals surface area contributed by atoms with E-state index in [4.69, 9.17) is 4.74 Å². The van der Waals surface area contributed by atoms with Crippen molar-refractivity contribution in [2.75, 3.05) is 18.6 Å². The van der Waals surface area contributed by atoms with Gasteiger partial charge < -0.3 is 4.74 Å². The zero-order chi connectivity index (χ0) is 15.6. The molecule has 0 bridgehead atoms. The standard InChI is InChI=1S/C18H18O2S2/c1-13-6-8-15(9-7-13)18(21-10-11-22-18)16-5-3-4-14(12-16)17(19)20-2/h3-9,12H,10-11H2,1-2H3. The number of esters is 1. The first-order valence-corrected chi connectivity index (χ1v) is 9.17. The maximum Gasteiger partial charge on any atom is 0.337 e. The molecule has 3 rings (SSSR count). The lowest BCUT2D eigenvalue weighted by Gasteiger charge is -2.29. The lowest BCUT2D eigenvalue weighted by molar-refractivity contribution is 0.0600. The van der Waals surface area contributed by atoms with Crippen LogP contribution in [0.1, 0.15) is 27.0 Å². The van der Waals surface area contributed by atoms with Crippen LogP contribution in [0.4, 0.5) is 0 Å². The molecule has 1 aliphatic rings. The van der Waals surface area contributed by atoms with Gasteiger partial charge in [-0.15, -0.1) is 23.5 Å². The van der Waals surface area contributed by atoms with Crippen molar-refractivity contribution in [3.63, 3.8) is 0 Å². The van der Waals surface area contributed by atoms with Gasteiger partial charge in [-0.1, -0.05) is 42.0 Å². The second-order valence-corrected chi connectivity index (χ2v) is 8.13. The largest absolute Gasteiger partial charge is 0.465 e. The minimum Gasteiger partial charge on any atom is -0.465 e. The molecule has 0 aliphatic carbocycles. The van der Waals surface area contributed by atoms with Crippen LogP contribution in [-0.4, -0.2) is 24.6 Å². The fourth-order valence-electron chi connectivity index (χ4n) is 2.65. The summed E-state index contributed by atoms with van der Waals surface area (Å²) in [5.41, 5.74) is 4.31. The summed E-state index contributed by atoms with van der Waals surface area (Å²) < 4.78 is 4.73. The number of methoxy groups -OCH3 is 1. The number of hydrogen-bond donors (Lipinski definition) is 0. The van der Waals surface area contributed by atoms with E-state index < -0.39 is 0 Å². The summed E-state index contributed by atoms with van der Waals surface area (Å²) in [6.45, 7) is 2.10. The maximum atomic E-state index is 11.8. The van der Waals surface area contributed by atoms with Gasteiger partial charge in [0.25, 0.3) is 0 Å². The molecular formula is C18H18O2S2. The molecular weight excluding hydrogens is 312 g/mol. The molecule has 1 fully saturated rings. The van der Waals surface area contributed by atoms with Crippen LogP contribution in [-0.2, 0) is 8.82 Å². The molecule has 0 N–H and O–H groups in total. The molecule has 2 nitrogen and oxygen atoms in total. The Hall–Kier alpha value is -1.39. The maximum absolute atomic E-state index is 11.8. The minimum atomic E-state index is -0.283. The van der Waals surface area contributed by atoms with Crippen LogP contribution >= 0.6 is 23.5 Å². The summed E-state index contributed by atoms with van der Waals surface area (Å²) in [5.74, 6) is 1.94. The Bertz CT molecular complexity index is 674. The van der Waals surface area contributed by atoms with Crippen LogP contribution in [0.25, 0.3) is 0 Å². The van der Waals surface area contributed by atoms with E-state index >= 15 is 0 Å². The third kappa shape index (κ3) is 2.77. The molecule has 1 heterocycles. The van der Waals surface area contributed by atoms with E-state index in [1.807, 2.05) is 41.7 Å². The first-order chi connectivity index (χ1) is 10.7. The summed E-state index contributed by atoms with van der Waals surface area (Å²) in [5, 5.41) is 0. The fraction of sp³-hybridized carbons (Fsp3) is 0.278. The van der Waals surface area contributed by atoms with Crippen molar-refractivity contribution in [3.8, 4) is 0 Å². The molecule has 4 heteroatoms. The van der Waals surface area contributed by atoms with Crippen molar-refractivity contribution in [1.82, 2.24) is 0 Å². The normalized spacial score (nSPS) is 16.5. The summed E-state index contributed by atoms with van der Waals surface area (Å²) in [7, 11) is 1.42. The van der Waals surface area contributed by atoms with E-state index in [2.05, 4.69) is 37.3 Å². The second kappa shape index (κ2) is 6.39. The van der Waals surface area contributed by atoms with Crippen LogP contribution in [0.2, 0.25) is 0 Å². The van der Waals surface area contributed by atoms with E-state index in [9.17, 15) is 4.79 Å². The predicted molar refractivity (Wildman–Crippen MR) is 94.7 cm³/mol. The molecule has 1 aliphatic heterocycles. The van der Waals surface area contributed by atoms with Crippen molar-refractivity contribution in [1.29, 1.82) is 0 Å². The third-order valence-corrected chi connectivity index (χ3v) is 7.33. The van der Waals surface area contributed by atoms with Gasteiger partial charge in [-0.05, 0) is 30.2 Å². The Balaban J connectivity index is 2.08. The van der Waals surface area contributed by atoms with Crippen molar-refractivity contribution >= 4 is 29.5 Å². The molecule has 0 amide bonds. The Kier molecular flexibility index (Phi) is 4.50. The highest BCUT2D eigenvalue weighted by Crippen LogP contribution is 2.56. The number of thioether (sulfide) groups is 2. The quantitative estimate of drug-likeness (QED) is 0.776. The lowest BCUT2D eigenvalue weighted by atomic mass is 10.0. The van der Waals surface area contributed by atoms with E-state index in [0.717, 1.165) is 17.1 Å². The van der Waals surface area contributed by atoms with Crippen LogP contribution in [0.3, 0.4) is 0 Å². The molecule has 1 saturated heterocycles. The molecule has 114 valence electrons.